The molecule has 0 fully saturated rings. The molecule has 0 spiro atoms. The van der Waals surface area contributed by atoms with Gasteiger partial charge in [-0.3, -0.25) is 9.59 Å². The van der Waals surface area contributed by atoms with Crippen molar-refractivity contribution >= 4 is 23.2 Å². The van der Waals surface area contributed by atoms with Gasteiger partial charge in [0.2, 0.25) is 5.91 Å². The molecule has 2 amide bonds. The van der Waals surface area contributed by atoms with Crippen LogP contribution >= 0.6 is 0 Å². The maximum atomic E-state index is 12.7. The summed E-state index contributed by atoms with van der Waals surface area (Å²) in [6.07, 6.45) is 1.78. The van der Waals surface area contributed by atoms with Crippen LogP contribution in [0.25, 0.3) is 0 Å². The standard InChI is InChI=1S/C23H29N3O2/c1-15(2)24-23(28)19-10-6-12-20-18(19)11-7-13-26(20)14-21(27)25-22-16(3)8-5-9-17(22)4/h5-6,8-10,12,15H,7,11,13-14H2,1-4H3,(H,24,28)(H,25,27). The molecule has 1 heterocycles. The monoisotopic (exact) mass is 379 g/mol. The van der Waals surface area contributed by atoms with Gasteiger partial charge < -0.3 is 15.5 Å². The van der Waals surface area contributed by atoms with E-state index in [2.05, 4.69) is 15.5 Å². The van der Waals surface area contributed by atoms with E-state index >= 15 is 0 Å². The highest BCUT2D eigenvalue weighted by atomic mass is 16.2. The van der Waals surface area contributed by atoms with Gasteiger partial charge in [0.05, 0.1) is 6.54 Å². The van der Waals surface area contributed by atoms with Crippen LogP contribution in [0.1, 0.15) is 47.3 Å². The van der Waals surface area contributed by atoms with E-state index in [-0.39, 0.29) is 24.4 Å². The van der Waals surface area contributed by atoms with Gasteiger partial charge in [-0.25, -0.2) is 0 Å². The predicted octanol–water partition coefficient (Wildman–Crippen LogP) is 3.83. The van der Waals surface area contributed by atoms with Crippen molar-refractivity contribution in [1.82, 2.24) is 5.32 Å². The third kappa shape index (κ3) is 4.35. The van der Waals surface area contributed by atoms with E-state index in [1.54, 1.807) is 0 Å². The molecule has 0 aliphatic carbocycles. The summed E-state index contributed by atoms with van der Waals surface area (Å²) in [7, 11) is 0. The Morgan fingerprint density at radius 1 is 1.07 bits per heavy atom. The van der Waals surface area contributed by atoms with Gasteiger partial charge in [0.15, 0.2) is 0 Å². The van der Waals surface area contributed by atoms with Crippen molar-refractivity contribution in [2.45, 2.75) is 46.6 Å². The second kappa shape index (κ2) is 8.46. The molecular weight excluding hydrogens is 350 g/mol. The summed E-state index contributed by atoms with van der Waals surface area (Å²) in [5.74, 6) is -0.0871. The number of hydrogen-bond donors (Lipinski definition) is 2. The van der Waals surface area contributed by atoms with Crippen molar-refractivity contribution in [2.24, 2.45) is 0 Å². The fraction of sp³-hybridized carbons (Fsp3) is 0.391. The molecule has 3 rings (SSSR count). The summed E-state index contributed by atoms with van der Waals surface area (Å²) in [6, 6.07) is 11.9. The molecule has 5 nitrogen and oxygen atoms in total. The molecule has 0 bridgehead atoms. The maximum Gasteiger partial charge on any atom is 0.251 e. The van der Waals surface area contributed by atoms with E-state index in [1.807, 2.05) is 64.1 Å². The summed E-state index contributed by atoms with van der Waals surface area (Å²) < 4.78 is 0. The summed E-state index contributed by atoms with van der Waals surface area (Å²) >= 11 is 0. The molecular formula is C23H29N3O2. The molecule has 28 heavy (non-hydrogen) atoms. The van der Waals surface area contributed by atoms with E-state index < -0.39 is 0 Å². The fourth-order valence-corrected chi connectivity index (χ4v) is 3.78. The molecule has 1 aliphatic rings. The number of carbonyl (C=O) groups is 2. The molecule has 0 saturated carbocycles. The van der Waals surface area contributed by atoms with Gasteiger partial charge in [-0.2, -0.15) is 0 Å². The third-order valence-corrected chi connectivity index (χ3v) is 5.09. The Hall–Kier alpha value is -2.82. The number of nitrogens with one attached hydrogen (secondary N) is 2. The second-order valence-electron chi connectivity index (χ2n) is 7.77. The van der Waals surface area contributed by atoms with E-state index in [9.17, 15) is 9.59 Å². The lowest BCUT2D eigenvalue weighted by Gasteiger charge is -2.32. The van der Waals surface area contributed by atoms with Crippen molar-refractivity contribution in [3.8, 4) is 0 Å². The minimum atomic E-state index is -0.0475. The number of hydrogen-bond acceptors (Lipinski definition) is 3. The topological polar surface area (TPSA) is 61.4 Å². The Balaban J connectivity index is 1.79. The van der Waals surface area contributed by atoms with Crippen LogP contribution in [-0.4, -0.2) is 30.9 Å². The number of rotatable bonds is 5. The maximum absolute atomic E-state index is 12.7. The first kappa shape index (κ1) is 19.9. The molecule has 0 radical (unpaired) electrons. The lowest BCUT2D eigenvalue weighted by atomic mass is 9.95. The molecule has 0 aromatic heterocycles. The van der Waals surface area contributed by atoms with Crippen molar-refractivity contribution in [3.63, 3.8) is 0 Å². The lowest BCUT2D eigenvalue weighted by molar-refractivity contribution is -0.115. The van der Waals surface area contributed by atoms with E-state index in [4.69, 9.17) is 0 Å². The molecule has 0 unspecified atom stereocenters. The smallest absolute Gasteiger partial charge is 0.251 e. The van der Waals surface area contributed by atoms with Crippen LogP contribution in [0.2, 0.25) is 0 Å². The Labute approximate surface area is 167 Å². The first-order chi connectivity index (χ1) is 13.4. The number of aryl methyl sites for hydroxylation is 2. The van der Waals surface area contributed by atoms with Crippen molar-refractivity contribution in [3.05, 3.63) is 58.7 Å². The molecule has 2 N–H and O–H groups in total. The molecule has 148 valence electrons. The van der Waals surface area contributed by atoms with Crippen LogP contribution in [0.3, 0.4) is 0 Å². The minimum Gasteiger partial charge on any atom is -0.362 e. The Bertz CT molecular complexity index is 869. The summed E-state index contributed by atoms with van der Waals surface area (Å²) in [5.41, 5.74) is 5.73. The van der Waals surface area contributed by atoms with Crippen LogP contribution in [0.5, 0.6) is 0 Å². The van der Waals surface area contributed by atoms with Crippen LogP contribution in [-0.2, 0) is 11.2 Å². The highest BCUT2D eigenvalue weighted by Gasteiger charge is 2.24. The Kier molecular flexibility index (Phi) is 6.02. The molecule has 0 saturated heterocycles. The first-order valence-electron chi connectivity index (χ1n) is 9.90. The van der Waals surface area contributed by atoms with Gasteiger partial charge in [-0.05, 0) is 69.4 Å². The average molecular weight is 380 g/mol. The number of benzene rings is 2. The minimum absolute atomic E-state index is 0.0396. The van der Waals surface area contributed by atoms with Crippen LogP contribution in [0.4, 0.5) is 11.4 Å². The molecule has 0 atom stereocenters. The van der Waals surface area contributed by atoms with Crippen LogP contribution < -0.4 is 15.5 Å². The zero-order valence-electron chi connectivity index (χ0n) is 17.1. The van der Waals surface area contributed by atoms with Crippen LogP contribution in [0.15, 0.2) is 36.4 Å². The van der Waals surface area contributed by atoms with E-state index in [0.29, 0.717) is 5.56 Å². The van der Waals surface area contributed by atoms with E-state index in [1.165, 1.54) is 0 Å². The molecule has 2 aromatic carbocycles. The fourth-order valence-electron chi connectivity index (χ4n) is 3.78. The summed E-state index contributed by atoms with van der Waals surface area (Å²) in [6.45, 7) is 8.99. The number of anilines is 2. The van der Waals surface area contributed by atoms with Crippen molar-refractivity contribution in [1.29, 1.82) is 0 Å². The quantitative estimate of drug-likeness (QED) is 0.830. The highest BCUT2D eigenvalue weighted by Crippen LogP contribution is 2.30. The SMILES string of the molecule is Cc1cccc(C)c1NC(=O)CN1CCCc2c(C(=O)NC(C)C)cccc21. The van der Waals surface area contributed by atoms with Gasteiger partial charge in [-0.15, -0.1) is 0 Å². The largest absolute Gasteiger partial charge is 0.362 e. The number of amides is 2. The molecule has 1 aliphatic heterocycles. The predicted molar refractivity (Wildman–Crippen MR) is 114 cm³/mol. The Morgan fingerprint density at radius 2 is 1.75 bits per heavy atom. The first-order valence-corrected chi connectivity index (χ1v) is 9.90. The number of carbonyl (C=O) groups excluding carboxylic acids is 2. The van der Waals surface area contributed by atoms with Gasteiger partial charge >= 0.3 is 0 Å². The van der Waals surface area contributed by atoms with Crippen LogP contribution in [0, 0.1) is 13.8 Å². The zero-order valence-corrected chi connectivity index (χ0v) is 17.1. The van der Waals surface area contributed by atoms with Gasteiger partial charge in [-0.1, -0.05) is 24.3 Å². The number of nitrogens with zero attached hydrogens (tertiary/aromatic N) is 1. The van der Waals surface area contributed by atoms with Gasteiger partial charge in [0.25, 0.3) is 5.91 Å². The highest BCUT2D eigenvalue weighted by molar-refractivity contribution is 5.99. The van der Waals surface area contributed by atoms with Gasteiger partial charge in [0, 0.05) is 29.5 Å². The average Bonchev–Trinajstić information content (AvgIpc) is 2.64. The lowest BCUT2D eigenvalue weighted by Crippen LogP contribution is -2.38. The second-order valence-corrected chi connectivity index (χ2v) is 7.77. The van der Waals surface area contributed by atoms with Crippen molar-refractivity contribution < 1.29 is 9.59 Å². The Morgan fingerprint density at radius 3 is 2.43 bits per heavy atom. The number of para-hydroxylation sites is 1. The van der Waals surface area contributed by atoms with E-state index in [0.717, 1.165) is 47.5 Å². The zero-order chi connectivity index (χ0) is 20.3. The van der Waals surface area contributed by atoms with Crippen molar-refractivity contribution in [2.75, 3.05) is 23.3 Å². The summed E-state index contributed by atoms with van der Waals surface area (Å²) in [5, 5.41) is 6.03. The van der Waals surface area contributed by atoms with Gasteiger partial charge in [0.1, 0.15) is 0 Å². The third-order valence-electron chi connectivity index (χ3n) is 5.09. The molecule has 5 heteroatoms. The normalized spacial score (nSPS) is 13.2. The summed E-state index contributed by atoms with van der Waals surface area (Å²) in [4.78, 5) is 27.4. The number of fused-ring (bicyclic) bond motifs is 1. The molecule has 2 aromatic rings.